The Hall–Kier alpha value is 0.260. The lowest BCUT2D eigenvalue weighted by Crippen LogP contribution is -2.21. The van der Waals surface area contributed by atoms with Crippen LogP contribution in [-0.2, 0) is 20.2 Å². The molecular weight excluding hydrogens is 504 g/mol. The first-order valence-corrected chi connectivity index (χ1v) is 15.5. The molecule has 0 spiro atoms. The van der Waals surface area contributed by atoms with Gasteiger partial charge in [-0.05, 0) is 49.8 Å². The molecule has 6 nitrogen and oxygen atoms in total. The summed E-state index contributed by atoms with van der Waals surface area (Å²) in [7, 11) is -11.1. The Morgan fingerprint density at radius 2 is 0.867 bits per heavy atom. The van der Waals surface area contributed by atoms with Gasteiger partial charge in [-0.2, -0.15) is 43.2 Å². The van der Waals surface area contributed by atoms with E-state index < -0.39 is 31.3 Å². The van der Waals surface area contributed by atoms with E-state index in [0.29, 0.717) is 15.8 Å². The molecule has 0 aromatic heterocycles. The van der Waals surface area contributed by atoms with E-state index in [1.807, 2.05) is 0 Å². The van der Waals surface area contributed by atoms with Gasteiger partial charge >= 0.3 is 31.3 Å². The normalized spacial score (nSPS) is 16.9. The van der Waals surface area contributed by atoms with Crippen molar-refractivity contribution in [2.75, 3.05) is 25.7 Å². The van der Waals surface area contributed by atoms with Crippen LogP contribution in [0.15, 0.2) is 0 Å². The Morgan fingerprint density at radius 3 is 0.967 bits per heavy atom. The van der Waals surface area contributed by atoms with Gasteiger partial charge in [0.15, 0.2) is 0 Å². The van der Waals surface area contributed by atoms with Crippen LogP contribution in [0, 0.1) is 0 Å². The Balaban J connectivity index is -0.000000391. The number of alkyl halides is 6. The zero-order valence-electron chi connectivity index (χ0n) is 17.5. The van der Waals surface area contributed by atoms with E-state index in [4.69, 9.17) is 25.9 Å². The van der Waals surface area contributed by atoms with Gasteiger partial charge in [0.1, 0.15) is 0 Å². The highest BCUT2D eigenvalue weighted by Gasteiger charge is 2.45. The number of hydrogen-bond donors (Lipinski definition) is 2. The van der Waals surface area contributed by atoms with Gasteiger partial charge in [-0.1, -0.05) is 27.7 Å². The predicted octanol–water partition coefficient (Wildman–Crippen LogP) is 5.59. The van der Waals surface area contributed by atoms with Crippen LogP contribution in [0.5, 0.6) is 0 Å². The van der Waals surface area contributed by atoms with Crippen molar-refractivity contribution in [3.63, 3.8) is 0 Å². The van der Waals surface area contributed by atoms with Gasteiger partial charge in [0.05, 0.1) is 0 Å². The topological polar surface area (TPSA) is 109 Å². The molecule has 0 aromatic rings. The van der Waals surface area contributed by atoms with E-state index in [1.165, 1.54) is 25.2 Å². The maximum absolute atomic E-state index is 10.7. The minimum absolute atomic E-state index is 0.312. The molecule has 4 unspecified atom stereocenters. The van der Waals surface area contributed by atoms with E-state index in [2.05, 4.69) is 41.0 Å². The van der Waals surface area contributed by atoms with Crippen molar-refractivity contribution in [3.8, 4) is 0 Å². The first-order chi connectivity index (χ1) is 13.0. The zero-order chi connectivity index (χ0) is 25.1. The second-order valence-electron chi connectivity index (χ2n) is 6.32. The molecule has 0 aliphatic carbocycles. The van der Waals surface area contributed by atoms with Crippen LogP contribution in [0.4, 0.5) is 26.3 Å². The summed E-state index contributed by atoms with van der Waals surface area (Å²) in [6, 6.07) is 0. The van der Waals surface area contributed by atoms with Crippen molar-refractivity contribution >= 4 is 36.1 Å². The molecule has 0 amide bonds. The summed E-state index contributed by atoms with van der Waals surface area (Å²) < 4.78 is 115. The summed E-state index contributed by atoms with van der Waals surface area (Å²) in [5.41, 5.74) is -9.12. The highest BCUT2D eigenvalue weighted by atomic mass is 32.2. The molecule has 0 radical (unpaired) electrons. The maximum Gasteiger partial charge on any atom is 0.522 e. The number of hydrogen-bond acceptors (Lipinski definition) is 4. The van der Waals surface area contributed by atoms with Gasteiger partial charge in [0.2, 0.25) is 0 Å². The van der Waals surface area contributed by atoms with E-state index >= 15 is 0 Å². The fraction of sp³-hybridized carbons (Fsp3) is 1.00. The molecule has 0 bridgehead atoms. The average molecular weight is 534 g/mol. The summed E-state index contributed by atoms with van der Waals surface area (Å²) in [4.78, 5) is 0. The third-order valence-electron chi connectivity index (χ3n) is 4.08. The minimum atomic E-state index is -5.84. The first-order valence-electron chi connectivity index (χ1n) is 8.50. The second-order valence-corrected chi connectivity index (χ2v) is 14.8. The standard InChI is InChI=1S/C12H28P2.2CHF3O3S/c1-7-11(3)13(5)9-10-14(6)12(4)8-2;2*2-1(3,4)8(5,6)7/h11-12H,7-10H2,1-6H3;2*(H,5,6,7). The van der Waals surface area contributed by atoms with Crippen molar-refractivity contribution in [3.05, 3.63) is 0 Å². The van der Waals surface area contributed by atoms with Gasteiger partial charge in [-0.3, -0.25) is 9.11 Å². The predicted molar refractivity (Wildman–Crippen MR) is 110 cm³/mol. The van der Waals surface area contributed by atoms with Crippen LogP contribution in [0.2, 0.25) is 0 Å². The minimum Gasteiger partial charge on any atom is -0.279 e. The summed E-state index contributed by atoms with van der Waals surface area (Å²) >= 11 is 0. The molecule has 0 fully saturated rings. The van der Waals surface area contributed by atoms with Crippen LogP contribution in [0.3, 0.4) is 0 Å². The first kappa shape index (κ1) is 34.9. The number of halogens is 6. The zero-order valence-corrected chi connectivity index (χ0v) is 20.9. The highest BCUT2D eigenvalue weighted by molar-refractivity contribution is 7.86. The molecule has 2 N–H and O–H groups in total. The molecule has 16 heteroatoms. The lowest BCUT2D eigenvalue weighted by atomic mass is 10.4. The van der Waals surface area contributed by atoms with E-state index in [-0.39, 0.29) is 0 Å². The van der Waals surface area contributed by atoms with Crippen molar-refractivity contribution in [1.82, 2.24) is 0 Å². The molecule has 0 saturated heterocycles. The van der Waals surface area contributed by atoms with Crippen LogP contribution >= 0.6 is 15.8 Å². The Morgan fingerprint density at radius 1 is 0.700 bits per heavy atom. The lowest BCUT2D eigenvalue weighted by molar-refractivity contribution is -0.0514. The third kappa shape index (κ3) is 16.9. The fourth-order valence-corrected chi connectivity index (χ4v) is 6.03. The largest absolute Gasteiger partial charge is 0.522 e. The smallest absolute Gasteiger partial charge is 0.279 e. The summed E-state index contributed by atoms with van der Waals surface area (Å²) in [6.07, 6.45) is 5.76. The molecule has 0 aromatic carbocycles. The number of rotatable bonds is 7. The third-order valence-corrected chi connectivity index (χ3v) is 11.2. The molecule has 0 aliphatic rings. The van der Waals surface area contributed by atoms with Crippen molar-refractivity contribution < 1.29 is 52.3 Å². The SMILES string of the molecule is CCC(C)P(C)CCP(C)C(C)CC.O=S(=O)(O)C(F)(F)F.O=S(=O)(O)C(F)(F)F. The van der Waals surface area contributed by atoms with Gasteiger partial charge < -0.3 is 0 Å². The molecule has 186 valence electrons. The fourth-order valence-electron chi connectivity index (χ4n) is 1.38. The maximum atomic E-state index is 10.7. The Kier molecular flexibility index (Phi) is 16.8. The molecule has 0 rings (SSSR count). The monoisotopic (exact) mass is 534 g/mol. The molecule has 30 heavy (non-hydrogen) atoms. The van der Waals surface area contributed by atoms with Gasteiger partial charge in [-0.15, -0.1) is 15.8 Å². The molecule has 4 atom stereocenters. The van der Waals surface area contributed by atoms with Crippen LogP contribution in [-0.4, -0.2) is 73.9 Å². The van der Waals surface area contributed by atoms with Crippen molar-refractivity contribution in [2.24, 2.45) is 0 Å². The Bertz CT molecular complexity index is 609. The van der Waals surface area contributed by atoms with Gasteiger partial charge in [-0.25, -0.2) is 0 Å². The van der Waals surface area contributed by atoms with Crippen LogP contribution in [0.1, 0.15) is 40.5 Å². The van der Waals surface area contributed by atoms with Gasteiger partial charge in [0.25, 0.3) is 0 Å². The van der Waals surface area contributed by atoms with Crippen molar-refractivity contribution in [1.29, 1.82) is 0 Å². The van der Waals surface area contributed by atoms with Crippen LogP contribution < -0.4 is 0 Å². The van der Waals surface area contributed by atoms with E-state index in [0.717, 1.165) is 11.3 Å². The highest BCUT2D eigenvalue weighted by Crippen LogP contribution is 2.45. The molecule has 0 heterocycles. The lowest BCUT2D eigenvalue weighted by Gasteiger charge is -2.24. The summed E-state index contributed by atoms with van der Waals surface area (Å²) in [6.45, 7) is 14.5. The Labute approximate surface area is 177 Å². The molecular formula is C14H30F6O6P2S2. The summed E-state index contributed by atoms with van der Waals surface area (Å²) in [5, 5.41) is 0. The van der Waals surface area contributed by atoms with Crippen LogP contribution in [0.25, 0.3) is 0 Å². The van der Waals surface area contributed by atoms with E-state index in [9.17, 15) is 26.3 Å². The summed E-state index contributed by atoms with van der Waals surface area (Å²) in [5.74, 6) is 0. The molecule has 0 saturated carbocycles. The van der Waals surface area contributed by atoms with E-state index in [1.54, 1.807) is 0 Å². The van der Waals surface area contributed by atoms with Crippen molar-refractivity contribution in [2.45, 2.75) is 62.9 Å². The quantitative estimate of drug-likeness (QED) is 0.191. The average Bonchev–Trinajstić information content (AvgIpc) is 2.55. The second kappa shape index (κ2) is 14.4. The molecule has 0 aliphatic heterocycles. The van der Waals surface area contributed by atoms with Gasteiger partial charge in [0, 0.05) is 0 Å².